The van der Waals surface area contributed by atoms with Crippen molar-refractivity contribution in [3.05, 3.63) is 44.1 Å². The second-order valence-corrected chi connectivity index (χ2v) is 3.15. The van der Waals surface area contributed by atoms with Crippen molar-refractivity contribution < 1.29 is 9.31 Å². The molecule has 0 aliphatic carbocycles. The number of anilines is 1. The Labute approximate surface area is 101 Å². The molecule has 0 unspecified atom stereocenters. The molecule has 0 saturated carbocycles. The van der Waals surface area contributed by atoms with Gasteiger partial charge in [-0.1, -0.05) is 17.0 Å². The third-order valence-corrected chi connectivity index (χ3v) is 1.94. The van der Waals surface area contributed by atoms with E-state index >= 15 is 0 Å². The van der Waals surface area contributed by atoms with Crippen LogP contribution in [0.1, 0.15) is 12.0 Å². The highest BCUT2D eigenvalue weighted by Gasteiger charge is 2.16. The van der Waals surface area contributed by atoms with Crippen LogP contribution in [0.5, 0.6) is 0 Å². The van der Waals surface area contributed by atoms with Crippen LogP contribution in [-0.2, 0) is 0 Å². The van der Waals surface area contributed by atoms with Crippen molar-refractivity contribution >= 4 is 11.4 Å². The van der Waals surface area contributed by atoms with E-state index in [9.17, 15) is 14.5 Å². The van der Waals surface area contributed by atoms with Crippen LogP contribution in [0.2, 0.25) is 0 Å². The maximum absolute atomic E-state index is 13.3. The lowest BCUT2D eigenvalue weighted by atomic mass is 10.1. The molecule has 1 aromatic carbocycles. The number of hydrogen-bond acceptors (Lipinski definition) is 4. The van der Waals surface area contributed by atoms with E-state index in [1.54, 1.807) is 0 Å². The number of benzene rings is 1. The molecule has 7 nitrogen and oxygen atoms in total. The summed E-state index contributed by atoms with van der Waals surface area (Å²) in [5.41, 5.74) is 12.4. The van der Waals surface area contributed by atoms with E-state index in [0.29, 0.717) is 0 Å². The average molecular weight is 249 g/mol. The van der Waals surface area contributed by atoms with Crippen LogP contribution in [0, 0.1) is 27.8 Å². The Hall–Kier alpha value is -2.78. The van der Waals surface area contributed by atoms with Crippen LogP contribution in [0.15, 0.2) is 17.2 Å². The lowest BCUT2D eigenvalue weighted by Crippen LogP contribution is -1.99. The monoisotopic (exact) mass is 249 g/mol. The lowest BCUT2D eigenvalue weighted by molar-refractivity contribution is -0.384. The highest BCUT2D eigenvalue weighted by molar-refractivity contribution is 5.62. The quantitative estimate of drug-likeness (QED) is 0.129. The molecule has 0 aliphatic heterocycles. The Bertz CT molecular complexity index is 584. The topological polar surface area (TPSA) is 118 Å². The molecule has 92 valence electrons. The summed E-state index contributed by atoms with van der Waals surface area (Å²) in [5, 5.41) is 13.9. The van der Waals surface area contributed by atoms with Crippen molar-refractivity contribution in [2.45, 2.75) is 6.42 Å². The zero-order chi connectivity index (χ0) is 13.5. The largest absolute Gasteiger partial charge is 0.391 e. The number of hydrogen-bond donors (Lipinski definition) is 1. The van der Waals surface area contributed by atoms with Crippen LogP contribution >= 0.6 is 0 Å². The Morgan fingerprint density at radius 3 is 2.94 bits per heavy atom. The Balaban J connectivity index is 2.97. The van der Waals surface area contributed by atoms with Gasteiger partial charge in [-0.05, 0) is 11.6 Å². The minimum Gasteiger partial charge on any atom is -0.391 e. The standard InChI is InChI=1S/C10H8FN5O2/c11-8-5-7(3-1-2-4-14-15-13)6-9(10(8)12)16(17)18/h5-6H,2,4,12H2. The van der Waals surface area contributed by atoms with Gasteiger partial charge in [0.1, 0.15) is 5.69 Å². The summed E-state index contributed by atoms with van der Waals surface area (Å²) in [6.45, 7) is 0.184. The van der Waals surface area contributed by atoms with E-state index in [4.69, 9.17) is 11.3 Å². The second kappa shape index (κ2) is 6.08. The van der Waals surface area contributed by atoms with Crippen molar-refractivity contribution in [3.8, 4) is 11.8 Å². The molecule has 1 rings (SSSR count). The first-order chi connectivity index (χ1) is 8.56. The molecule has 1 aromatic rings. The molecular weight excluding hydrogens is 241 g/mol. The van der Waals surface area contributed by atoms with E-state index in [2.05, 4.69) is 21.9 Å². The summed E-state index contributed by atoms with van der Waals surface area (Å²) in [5.74, 6) is 4.25. The van der Waals surface area contributed by atoms with E-state index in [1.165, 1.54) is 0 Å². The number of nitrogens with zero attached hydrogens (tertiary/aromatic N) is 4. The molecule has 0 saturated heterocycles. The first-order valence-electron chi connectivity index (χ1n) is 4.79. The van der Waals surface area contributed by atoms with E-state index in [0.717, 1.165) is 12.1 Å². The zero-order valence-electron chi connectivity index (χ0n) is 9.13. The van der Waals surface area contributed by atoms with Gasteiger partial charge in [0.2, 0.25) is 0 Å². The van der Waals surface area contributed by atoms with Crippen molar-refractivity contribution in [2.75, 3.05) is 12.3 Å². The molecule has 0 fully saturated rings. The smallest absolute Gasteiger partial charge is 0.296 e. The van der Waals surface area contributed by atoms with Crippen molar-refractivity contribution in [1.82, 2.24) is 0 Å². The molecule has 0 radical (unpaired) electrons. The van der Waals surface area contributed by atoms with Gasteiger partial charge >= 0.3 is 0 Å². The number of nitro groups is 1. The summed E-state index contributed by atoms with van der Waals surface area (Å²) in [7, 11) is 0. The Morgan fingerprint density at radius 1 is 1.61 bits per heavy atom. The van der Waals surface area contributed by atoms with E-state index < -0.39 is 22.1 Å². The number of azide groups is 1. The van der Waals surface area contributed by atoms with Crippen LogP contribution in [0.3, 0.4) is 0 Å². The molecule has 0 atom stereocenters. The zero-order valence-corrected chi connectivity index (χ0v) is 9.13. The maximum atomic E-state index is 13.3. The first-order valence-corrected chi connectivity index (χ1v) is 4.79. The normalized spacial score (nSPS) is 8.94. The lowest BCUT2D eigenvalue weighted by Gasteiger charge is -1.99. The number of nitrogens with two attached hydrogens (primary N) is 1. The first kappa shape index (κ1) is 13.3. The average Bonchev–Trinajstić information content (AvgIpc) is 2.32. The molecule has 0 aliphatic rings. The highest BCUT2D eigenvalue weighted by Crippen LogP contribution is 2.25. The minimum atomic E-state index is -0.886. The molecule has 8 heteroatoms. The molecule has 18 heavy (non-hydrogen) atoms. The second-order valence-electron chi connectivity index (χ2n) is 3.15. The van der Waals surface area contributed by atoms with Crippen LogP contribution in [0.4, 0.5) is 15.8 Å². The Morgan fingerprint density at radius 2 is 2.33 bits per heavy atom. The molecule has 0 amide bonds. The number of halogens is 1. The summed E-state index contributed by atoms with van der Waals surface area (Å²) in [6, 6.07) is 2.11. The summed E-state index contributed by atoms with van der Waals surface area (Å²) in [6.07, 6.45) is 0.282. The fourth-order valence-corrected chi connectivity index (χ4v) is 1.14. The van der Waals surface area contributed by atoms with Gasteiger partial charge in [-0.15, -0.1) is 0 Å². The number of rotatable bonds is 3. The molecule has 2 N–H and O–H groups in total. The SMILES string of the molecule is [N-]=[N+]=NCCC#Cc1cc(F)c(N)c([N+](=O)[O-])c1. The summed E-state index contributed by atoms with van der Waals surface area (Å²) >= 11 is 0. The highest BCUT2D eigenvalue weighted by atomic mass is 19.1. The fourth-order valence-electron chi connectivity index (χ4n) is 1.14. The van der Waals surface area contributed by atoms with Gasteiger partial charge in [0, 0.05) is 29.5 Å². The molecule has 0 spiro atoms. The minimum absolute atomic E-state index is 0.148. The van der Waals surface area contributed by atoms with Gasteiger partial charge in [0.15, 0.2) is 5.82 Å². The number of nitro benzene ring substituents is 1. The van der Waals surface area contributed by atoms with E-state index in [-0.39, 0.29) is 18.5 Å². The van der Waals surface area contributed by atoms with Gasteiger partial charge in [-0.3, -0.25) is 10.1 Å². The predicted octanol–water partition coefficient (Wildman–Crippen LogP) is 2.37. The predicted molar refractivity (Wildman–Crippen MR) is 63.0 cm³/mol. The Kier molecular flexibility index (Phi) is 4.49. The van der Waals surface area contributed by atoms with Gasteiger partial charge in [0.25, 0.3) is 5.69 Å². The molecular formula is C10H8FN5O2. The third kappa shape index (κ3) is 3.37. The van der Waals surface area contributed by atoms with E-state index in [1.807, 2.05) is 0 Å². The third-order valence-electron chi connectivity index (χ3n) is 1.94. The number of nitrogen functional groups attached to an aromatic ring is 1. The van der Waals surface area contributed by atoms with Crippen molar-refractivity contribution in [2.24, 2.45) is 5.11 Å². The van der Waals surface area contributed by atoms with Crippen LogP contribution in [-0.4, -0.2) is 11.5 Å². The molecule has 0 aromatic heterocycles. The van der Waals surface area contributed by atoms with Gasteiger partial charge in [-0.25, -0.2) is 4.39 Å². The summed E-state index contributed by atoms with van der Waals surface area (Å²) < 4.78 is 13.3. The van der Waals surface area contributed by atoms with Gasteiger partial charge < -0.3 is 5.73 Å². The van der Waals surface area contributed by atoms with Crippen LogP contribution < -0.4 is 5.73 Å². The molecule has 0 bridgehead atoms. The van der Waals surface area contributed by atoms with Gasteiger partial charge in [0.05, 0.1) is 4.92 Å². The fraction of sp³-hybridized carbons (Fsp3) is 0.200. The maximum Gasteiger partial charge on any atom is 0.296 e. The summed E-state index contributed by atoms with van der Waals surface area (Å²) in [4.78, 5) is 12.4. The van der Waals surface area contributed by atoms with Crippen molar-refractivity contribution in [1.29, 1.82) is 0 Å². The van der Waals surface area contributed by atoms with Gasteiger partial charge in [-0.2, -0.15) is 0 Å². The van der Waals surface area contributed by atoms with Crippen LogP contribution in [0.25, 0.3) is 10.4 Å². The molecule has 0 heterocycles. The van der Waals surface area contributed by atoms with Crippen molar-refractivity contribution in [3.63, 3.8) is 0 Å².